The van der Waals surface area contributed by atoms with Gasteiger partial charge in [-0.25, -0.2) is 4.68 Å². The number of carbonyl (C=O) groups is 1. The molecular formula is C23H32ClIN6O. The van der Waals surface area contributed by atoms with Crippen molar-refractivity contribution in [2.75, 3.05) is 20.1 Å². The van der Waals surface area contributed by atoms with Crippen molar-refractivity contribution in [1.29, 1.82) is 0 Å². The van der Waals surface area contributed by atoms with Crippen LogP contribution in [0, 0.1) is 5.92 Å². The maximum absolute atomic E-state index is 12.8. The third-order valence-electron chi connectivity index (χ3n) is 6.21. The fourth-order valence-electron chi connectivity index (χ4n) is 4.45. The van der Waals surface area contributed by atoms with Crippen LogP contribution in [0.3, 0.4) is 0 Å². The number of guanidine groups is 1. The van der Waals surface area contributed by atoms with Gasteiger partial charge in [0.05, 0.1) is 11.9 Å². The minimum atomic E-state index is 0. The van der Waals surface area contributed by atoms with Crippen LogP contribution in [-0.4, -0.2) is 52.7 Å². The predicted molar refractivity (Wildman–Crippen MR) is 139 cm³/mol. The van der Waals surface area contributed by atoms with Crippen LogP contribution >= 0.6 is 35.6 Å². The summed E-state index contributed by atoms with van der Waals surface area (Å²) in [6.07, 6.45) is 10.6. The number of likely N-dealkylation sites (tertiary alicyclic amines) is 1. The Morgan fingerprint density at radius 1 is 1.19 bits per heavy atom. The van der Waals surface area contributed by atoms with E-state index in [1.807, 2.05) is 46.2 Å². The average Bonchev–Trinajstić information content (AvgIpc) is 3.47. The summed E-state index contributed by atoms with van der Waals surface area (Å²) in [6, 6.07) is 7.81. The third kappa shape index (κ3) is 6.37. The standard InChI is InChI=1S/C23H31ClN6O.HI/c1-25-23(26-13-17-14-27-30(15-17)21-9-7-19(24)8-10-21)28-20-11-12-29(16-20)22(31)18-5-3-2-4-6-18;/h7-10,14-15,18,20H,2-6,11-13,16H2,1H3,(H2,25,26,28);1H. The van der Waals surface area contributed by atoms with Crippen LogP contribution in [0.4, 0.5) is 0 Å². The van der Waals surface area contributed by atoms with E-state index in [4.69, 9.17) is 11.6 Å². The largest absolute Gasteiger partial charge is 0.352 e. The topological polar surface area (TPSA) is 74.6 Å². The minimum Gasteiger partial charge on any atom is -0.352 e. The smallest absolute Gasteiger partial charge is 0.225 e. The SMILES string of the molecule is CN=C(NCc1cnn(-c2ccc(Cl)cc2)c1)NC1CCN(C(=O)C2CCCCC2)C1.I. The Labute approximate surface area is 212 Å². The molecule has 2 heterocycles. The van der Waals surface area contributed by atoms with E-state index < -0.39 is 0 Å². The molecule has 1 saturated heterocycles. The third-order valence-corrected chi connectivity index (χ3v) is 6.46. The fraction of sp³-hybridized carbons (Fsp3) is 0.522. The van der Waals surface area contributed by atoms with Crippen molar-refractivity contribution in [1.82, 2.24) is 25.3 Å². The van der Waals surface area contributed by atoms with Crippen molar-refractivity contribution in [3.8, 4) is 5.69 Å². The summed E-state index contributed by atoms with van der Waals surface area (Å²) in [7, 11) is 1.77. The number of carbonyl (C=O) groups excluding carboxylic acids is 1. The average molecular weight is 571 g/mol. The lowest BCUT2D eigenvalue weighted by Gasteiger charge is -2.26. The first-order valence-corrected chi connectivity index (χ1v) is 11.6. The van der Waals surface area contributed by atoms with Crippen molar-refractivity contribution in [3.05, 3.63) is 47.2 Å². The van der Waals surface area contributed by atoms with Gasteiger partial charge < -0.3 is 15.5 Å². The van der Waals surface area contributed by atoms with Crippen LogP contribution < -0.4 is 10.6 Å². The number of rotatable bonds is 5. The van der Waals surface area contributed by atoms with E-state index in [0.717, 1.165) is 49.6 Å². The quantitative estimate of drug-likeness (QED) is 0.324. The molecular weight excluding hydrogens is 539 g/mol. The molecule has 1 unspecified atom stereocenters. The van der Waals surface area contributed by atoms with Gasteiger partial charge in [-0.15, -0.1) is 24.0 Å². The van der Waals surface area contributed by atoms with E-state index in [9.17, 15) is 4.79 Å². The molecule has 2 aliphatic rings. The second-order valence-corrected chi connectivity index (χ2v) is 8.88. The van der Waals surface area contributed by atoms with Gasteiger partial charge in [-0.1, -0.05) is 30.9 Å². The molecule has 1 saturated carbocycles. The Kier molecular flexibility index (Phi) is 9.22. The Bertz CT molecular complexity index is 909. The van der Waals surface area contributed by atoms with Crippen molar-refractivity contribution in [3.63, 3.8) is 0 Å². The van der Waals surface area contributed by atoms with Gasteiger partial charge in [-0.05, 0) is 43.5 Å². The van der Waals surface area contributed by atoms with Crippen LogP contribution in [0.1, 0.15) is 44.1 Å². The number of nitrogens with zero attached hydrogens (tertiary/aromatic N) is 4. The number of hydrogen-bond acceptors (Lipinski definition) is 3. The lowest BCUT2D eigenvalue weighted by Crippen LogP contribution is -2.45. The molecule has 2 aromatic rings. The Balaban J connectivity index is 0.00000289. The van der Waals surface area contributed by atoms with Crippen LogP contribution in [0.2, 0.25) is 5.02 Å². The molecule has 32 heavy (non-hydrogen) atoms. The van der Waals surface area contributed by atoms with Crippen molar-refractivity contribution < 1.29 is 4.79 Å². The summed E-state index contributed by atoms with van der Waals surface area (Å²) in [4.78, 5) is 19.2. The molecule has 1 amide bonds. The lowest BCUT2D eigenvalue weighted by atomic mass is 9.88. The first-order valence-electron chi connectivity index (χ1n) is 11.2. The van der Waals surface area contributed by atoms with Crippen molar-refractivity contribution in [2.45, 2.75) is 51.1 Å². The monoisotopic (exact) mass is 570 g/mol. The number of amides is 1. The first-order chi connectivity index (χ1) is 15.1. The van der Waals surface area contributed by atoms with E-state index >= 15 is 0 Å². The number of hydrogen-bond donors (Lipinski definition) is 2. The highest BCUT2D eigenvalue weighted by Crippen LogP contribution is 2.26. The van der Waals surface area contributed by atoms with Crippen LogP contribution in [0.15, 0.2) is 41.7 Å². The Hall–Kier alpha value is -1.81. The van der Waals surface area contributed by atoms with Crippen molar-refractivity contribution in [2.24, 2.45) is 10.9 Å². The maximum Gasteiger partial charge on any atom is 0.225 e. The minimum absolute atomic E-state index is 0. The zero-order valence-electron chi connectivity index (χ0n) is 18.5. The highest BCUT2D eigenvalue weighted by molar-refractivity contribution is 14.0. The predicted octanol–water partition coefficient (Wildman–Crippen LogP) is 3.99. The molecule has 2 N–H and O–H groups in total. The van der Waals surface area contributed by atoms with Crippen molar-refractivity contribution >= 4 is 47.4 Å². The van der Waals surface area contributed by atoms with Gasteiger partial charge in [0.25, 0.3) is 0 Å². The van der Waals surface area contributed by atoms with Gasteiger partial charge in [0.15, 0.2) is 5.96 Å². The molecule has 1 aliphatic heterocycles. The molecule has 174 valence electrons. The summed E-state index contributed by atoms with van der Waals surface area (Å²) in [5.74, 6) is 1.33. The maximum atomic E-state index is 12.8. The van der Waals surface area contributed by atoms with Gasteiger partial charge >= 0.3 is 0 Å². The highest BCUT2D eigenvalue weighted by atomic mass is 127. The molecule has 9 heteroatoms. The first kappa shape index (κ1) is 24.8. The van der Waals surface area contributed by atoms with Crippen LogP contribution in [0.5, 0.6) is 0 Å². The zero-order valence-corrected chi connectivity index (χ0v) is 21.6. The Morgan fingerprint density at radius 3 is 2.66 bits per heavy atom. The van der Waals surface area contributed by atoms with Gasteiger partial charge in [-0.2, -0.15) is 5.10 Å². The molecule has 0 spiro atoms. The van der Waals surface area contributed by atoms with E-state index in [0.29, 0.717) is 17.5 Å². The lowest BCUT2D eigenvalue weighted by molar-refractivity contribution is -0.135. The van der Waals surface area contributed by atoms with E-state index in [-0.39, 0.29) is 35.9 Å². The van der Waals surface area contributed by atoms with E-state index in [1.165, 1.54) is 19.3 Å². The summed E-state index contributed by atoms with van der Waals surface area (Å²) in [5, 5.41) is 12.0. The summed E-state index contributed by atoms with van der Waals surface area (Å²) in [5.41, 5.74) is 2.02. The van der Waals surface area contributed by atoms with Gasteiger partial charge in [0.1, 0.15) is 0 Å². The van der Waals surface area contributed by atoms with Crippen LogP contribution in [-0.2, 0) is 11.3 Å². The molecule has 1 aromatic heterocycles. The Morgan fingerprint density at radius 2 is 1.94 bits per heavy atom. The van der Waals surface area contributed by atoms with Gasteiger partial charge in [-0.3, -0.25) is 9.79 Å². The highest BCUT2D eigenvalue weighted by Gasteiger charge is 2.31. The molecule has 1 aromatic carbocycles. The zero-order chi connectivity index (χ0) is 21.6. The molecule has 0 radical (unpaired) electrons. The fourth-order valence-corrected chi connectivity index (χ4v) is 4.57. The van der Waals surface area contributed by atoms with E-state index in [2.05, 4.69) is 20.7 Å². The molecule has 1 atom stereocenters. The van der Waals surface area contributed by atoms with E-state index in [1.54, 1.807) is 7.05 Å². The second kappa shape index (κ2) is 11.9. The summed E-state index contributed by atoms with van der Waals surface area (Å²) in [6.45, 7) is 2.20. The van der Waals surface area contributed by atoms with Gasteiger partial charge in [0.2, 0.25) is 5.91 Å². The summed E-state index contributed by atoms with van der Waals surface area (Å²) >= 11 is 5.96. The molecule has 7 nitrogen and oxygen atoms in total. The molecule has 0 bridgehead atoms. The second-order valence-electron chi connectivity index (χ2n) is 8.44. The number of aromatic nitrogens is 2. The summed E-state index contributed by atoms with van der Waals surface area (Å²) < 4.78 is 1.83. The number of aliphatic imine (C=N–C) groups is 1. The molecule has 1 aliphatic carbocycles. The van der Waals surface area contributed by atoms with Crippen LogP contribution in [0.25, 0.3) is 5.69 Å². The number of halogens is 2. The van der Waals surface area contributed by atoms with Gasteiger partial charge in [0, 0.05) is 55.4 Å². The normalized spacial score (nSPS) is 19.5. The number of benzene rings is 1. The number of nitrogens with one attached hydrogen (secondary N) is 2. The molecule has 4 rings (SSSR count). The molecule has 2 fully saturated rings.